The topological polar surface area (TPSA) is 22.1 Å². The van der Waals surface area contributed by atoms with Gasteiger partial charge in [-0.3, -0.25) is 4.98 Å². The van der Waals surface area contributed by atoms with E-state index in [0.717, 1.165) is 23.1 Å². The maximum absolute atomic E-state index is 6.18. The summed E-state index contributed by atoms with van der Waals surface area (Å²) in [5, 5.41) is 1.09. The maximum Gasteiger partial charge on any atom is 0.129 e. The molecule has 0 N–H and O–H groups in total. The number of aromatic nitrogens is 1. The fourth-order valence-corrected chi connectivity index (χ4v) is 3.00. The van der Waals surface area contributed by atoms with Gasteiger partial charge in [0.1, 0.15) is 11.9 Å². The van der Waals surface area contributed by atoms with Crippen molar-refractivity contribution in [2.24, 2.45) is 5.41 Å². The first-order chi connectivity index (χ1) is 8.59. The third kappa shape index (κ3) is 1.81. The number of fused-ring (bicyclic) bond motifs is 1. The molecule has 0 saturated heterocycles. The summed E-state index contributed by atoms with van der Waals surface area (Å²) in [6.45, 7) is 4.48. The molecule has 3 rings (SSSR count). The molecule has 3 heteroatoms. The van der Waals surface area contributed by atoms with Gasteiger partial charge in [0.15, 0.2) is 0 Å². The normalized spacial score (nSPS) is 25.7. The van der Waals surface area contributed by atoms with Gasteiger partial charge in [0.2, 0.25) is 0 Å². The van der Waals surface area contributed by atoms with E-state index in [-0.39, 0.29) is 11.5 Å². The Bertz CT molecular complexity index is 576. The number of hydrogen-bond acceptors (Lipinski definition) is 2. The average molecular weight is 306 g/mol. The molecule has 0 aliphatic heterocycles. The molecule has 0 bridgehead atoms. The zero-order chi connectivity index (χ0) is 12.8. The molecule has 1 fully saturated rings. The van der Waals surface area contributed by atoms with Gasteiger partial charge < -0.3 is 4.74 Å². The van der Waals surface area contributed by atoms with Gasteiger partial charge in [0.05, 0.1) is 5.52 Å². The SMILES string of the molecule is CC1(C)C(Br)CC1Oc1cccc2ncccc12. The Labute approximate surface area is 115 Å². The molecular formula is C15H16BrNO. The summed E-state index contributed by atoms with van der Waals surface area (Å²) in [6, 6.07) is 10.1. The van der Waals surface area contributed by atoms with Crippen LogP contribution in [-0.2, 0) is 0 Å². The third-order valence-corrected chi connectivity index (χ3v) is 5.49. The van der Waals surface area contributed by atoms with Crippen molar-refractivity contribution in [2.45, 2.75) is 31.2 Å². The van der Waals surface area contributed by atoms with Crippen LogP contribution in [-0.4, -0.2) is 15.9 Å². The molecule has 1 aromatic heterocycles. The minimum absolute atomic E-state index is 0.185. The van der Waals surface area contributed by atoms with E-state index in [0.29, 0.717) is 4.83 Å². The maximum atomic E-state index is 6.18. The van der Waals surface area contributed by atoms with Crippen molar-refractivity contribution >= 4 is 26.8 Å². The lowest BCUT2D eigenvalue weighted by Crippen LogP contribution is -2.53. The zero-order valence-corrected chi connectivity index (χ0v) is 12.1. The highest BCUT2D eigenvalue weighted by molar-refractivity contribution is 9.09. The van der Waals surface area contributed by atoms with Crippen LogP contribution in [0.15, 0.2) is 36.5 Å². The first-order valence-electron chi connectivity index (χ1n) is 6.23. The Balaban J connectivity index is 1.92. The standard InChI is InChI=1S/C15H16BrNO/c1-15(2)13(16)9-14(15)18-12-7-3-6-11-10(12)5-4-8-17-11/h3-8,13-14H,9H2,1-2H3. The van der Waals surface area contributed by atoms with Gasteiger partial charge in [0, 0.05) is 21.8 Å². The highest BCUT2D eigenvalue weighted by Crippen LogP contribution is 2.47. The van der Waals surface area contributed by atoms with E-state index in [1.165, 1.54) is 0 Å². The summed E-state index contributed by atoms with van der Waals surface area (Å²) < 4.78 is 6.18. The van der Waals surface area contributed by atoms with Gasteiger partial charge in [-0.05, 0) is 30.7 Å². The Kier molecular flexibility index (Phi) is 2.81. The molecule has 1 aliphatic carbocycles. The predicted molar refractivity (Wildman–Crippen MR) is 77.3 cm³/mol. The Morgan fingerprint density at radius 2 is 2.11 bits per heavy atom. The summed E-state index contributed by atoms with van der Waals surface area (Å²) in [5.41, 5.74) is 1.17. The molecule has 1 heterocycles. The zero-order valence-electron chi connectivity index (χ0n) is 10.6. The van der Waals surface area contributed by atoms with Crippen molar-refractivity contribution in [3.8, 4) is 5.75 Å². The molecule has 2 atom stereocenters. The number of rotatable bonds is 2. The molecule has 1 aromatic carbocycles. The van der Waals surface area contributed by atoms with E-state index in [4.69, 9.17) is 4.74 Å². The van der Waals surface area contributed by atoms with Crippen molar-refractivity contribution in [2.75, 3.05) is 0 Å². The average Bonchev–Trinajstić information content (AvgIpc) is 2.39. The highest BCUT2D eigenvalue weighted by Gasteiger charge is 2.48. The number of alkyl halides is 1. The number of hydrogen-bond donors (Lipinski definition) is 0. The lowest BCUT2D eigenvalue weighted by Gasteiger charge is -2.48. The van der Waals surface area contributed by atoms with Crippen LogP contribution in [0, 0.1) is 5.41 Å². The molecule has 1 aliphatic rings. The van der Waals surface area contributed by atoms with Gasteiger partial charge in [-0.1, -0.05) is 35.8 Å². The van der Waals surface area contributed by atoms with E-state index in [1.54, 1.807) is 0 Å². The molecule has 0 radical (unpaired) electrons. The van der Waals surface area contributed by atoms with E-state index >= 15 is 0 Å². The van der Waals surface area contributed by atoms with Crippen LogP contribution in [0.3, 0.4) is 0 Å². The van der Waals surface area contributed by atoms with Crippen molar-refractivity contribution in [3.05, 3.63) is 36.5 Å². The Morgan fingerprint density at radius 1 is 1.28 bits per heavy atom. The molecule has 2 unspecified atom stereocenters. The Hall–Kier alpha value is -1.09. The highest BCUT2D eigenvalue weighted by atomic mass is 79.9. The van der Waals surface area contributed by atoms with Crippen LogP contribution in [0.4, 0.5) is 0 Å². The molecule has 2 nitrogen and oxygen atoms in total. The van der Waals surface area contributed by atoms with Gasteiger partial charge >= 0.3 is 0 Å². The van der Waals surface area contributed by atoms with Crippen LogP contribution < -0.4 is 4.74 Å². The number of benzene rings is 1. The van der Waals surface area contributed by atoms with E-state index < -0.39 is 0 Å². The quantitative estimate of drug-likeness (QED) is 0.777. The number of nitrogens with zero attached hydrogens (tertiary/aromatic N) is 1. The van der Waals surface area contributed by atoms with Crippen LogP contribution >= 0.6 is 15.9 Å². The van der Waals surface area contributed by atoms with Crippen molar-refractivity contribution in [1.29, 1.82) is 0 Å². The Morgan fingerprint density at radius 3 is 2.83 bits per heavy atom. The summed E-state index contributed by atoms with van der Waals surface area (Å²) in [4.78, 5) is 4.90. The summed E-state index contributed by atoms with van der Waals surface area (Å²) in [5.74, 6) is 0.943. The molecule has 94 valence electrons. The van der Waals surface area contributed by atoms with E-state index in [2.05, 4.69) is 40.8 Å². The smallest absolute Gasteiger partial charge is 0.129 e. The molecule has 2 aromatic rings. The van der Waals surface area contributed by atoms with Crippen LogP contribution in [0.1, 0.15) is 20.3 Å². The van der Waals surface area contributed by atoms with Crippen LogP contribution in [0.5, 0.6) is 5.75 Å². The third-order valence-electron chi connectivity index (χ3n) is 3.93. The van der Waals surface area contributed by atoms with Crippen LogP contribution in [0.25, 0.3) is 10.9 Å². The molecule has 1 saturated carbocycles. The second-order valence-electron chi connectivity index (χ2n) is 5.46. The first kappa shape index (κ1) is 12.0. The van der Waals surface area contributed by atoms with Crippen molar-refractivity contribution < 1.29 is 4.74 Å². The van der Waals surface area contributed by atoms with Gasteiger partial charge in [-0.15, -0.1) is 0 Å². The van der Waals surface area contributed by atoms with E-state index in [1.807, 2.05) is 30.5 Å². The van der Waals surface area contributed by atoms with E-state index in [9.17, 15) is 0 Å². The van der Waals surface area contributed by atoms with Gasteiger partial charge in [-0.25, -0.2) is 0 Å². The monoisotopic (exact) mass is 305 g/mol. The van der Waals surface area contributed by atoms with Gasteiger partial charge in [0.25, 0.3) is 0 Å². The molecular weight excluding hydrogens is 290 g/mol. The second kappa shape index (κ2) is 4.23. The lowest BCUT2D eigenvalue weighted by molar-refractivity contribution is -0.00676. The molecule has 18 heavy (non-hydrogen) atoms. The second-order valence-corrected chi connectivity index (χ2v) is 6.56. The largest absolute Gasteiger partial charge is 0.489 e. The minimum Gasteiger partial charge on any atom is -0.489 e. The summed E-state index contributed by atoms with van der Waals surface area (Å²) >= 11 is 3.69. The number of ether oxygens (including phenoxy) is 1. The minimum atomic E-state index is 0.185. The summed E-state index contributed by atoms with van der Waals surface area (Å²) in [7, 11) is 0. The molecule has 0 amide bonds. The number of pyridine rings is 1. The van der Waals surface area contributed by atoms with Gasteiger partial charge in [-0.2, -0.15) is 0 Å². The van der Waals surface area contributed by atoms with Crippen LogP contribution in [0.2, 0.25) is 0 Å². The lowest BCUT2D eigenvalue weighted by atomic mass is 9.69. The van der Waals surface area contributed by atoms with Crippen molar-refractivity contribution in [3.63, 3.8) is 0 Å². The predicted octanol–water partition coefficient (Wildman–Crippen LogP) is 4.18. The van der Waals surface area contributed by atoms with Crippen molar-refractivity contribution in [1.82, 2.24) is 4.98 Å². The fourth-order valence-electron chi connectivity index (χ4n) is 2.37. The fraction of sp³-hybridized carbons (Fsp3) is 0.400. The number of halogens is 1. The summed E-state index contributed by atoms with van der Waals surface area (Å²) in [6.07, 6.45) is 3.14. The first-order valence-corrected chi connectivity index (χ1v) is 7.15. The molecule has 0 spiro atoms.